The maximum absolute atomic E-state index is 13.4. The van der Waals surface area contributed by atoms with Crippen LogP contribution in [0.1, 0.15) is 19.5 Å². The van der Waals surface area contributed by atoms with Crippen LogP contribution in [0.5, 0.6) is 0 Å². The second kappa shape index (κ2) is 3.65. The van der Waals surface area contributed by atoms with E-state index in [1.807, 2.05) is 0 Å². The fraction of sp³-hybridized carbons (Fsp3) is 0.333. The van der Waals surface area contributed by atoms with Gasteiger partial charge in [0.2, 0.25) is 0 Å². The molecule has 3 nitrogen and oxygen atoms in total. The predicted octanol–water partition coefficient (Wildman–Crippen LogP) is 2.35. The monoisotopic (exact) mass is 261 g/mol. The summed E-state index contributed by atoms with van der Waals surface area (Å²) in [6.07, 6.45) is 1.38. The van der Waals surface area contributed by atoms with E-state index in [-0.39, 0.29) is 5.69 Å². The van der Waals surface area contributed by atoms with Crippen molar-refractivity contribution in [1.82, 2.24) is 4.98 Å². The number of carboxylic acids is 1. The van der Waals surface area contributed by atoms with E-state index in [0.717, 1.165) is 0 Å². The van der Waals surface area contributed by atoms with E-state index in [9.17, 15) is 9.18 Å². The molecule has 1 heterocycles. The van der Waals surface area contributed by atoms with Gasteiger partial charge in [0.1, 0.15) is 11.2 Å². The Hall–Kier alpha value is -0.970. The number of hydrogen-bond acceptors (Lipinski definition) is 2. The summed E-state index contributed by atoms with van der Waals surface area (Å²) < 4.78 is 13.8. The minimum Gasteiger partial charge on any atom is -0.481 e. The van der Waals surface area contributed by atoms with Crippen LogP contribution in [0.15, 0.2) is 16.7 Å². The zero-order valence-corrected chi connectivity index (χ0v) is 9.30. The standard InChI is InChI=1S/C9H9BrFNO2/c1-9(2,8(13)14)7-6(11)3-5(10)4-12-7/h3-4H,1-2H3,(H,13,14). The Morgan fingerprint density at radius 3 is 2.64 bits per heavy atom. The molecule has 5 heteroatoms. The highest BCUT2D eigenvalue weighted by Crippen LogP contribution is 2.25. The van der Waals surface area contributed by atoms with Crippen LogP contribution in [0.2, 0.25) is 0 Å². The molecule has 76 valence electrons. The van der Waals surface area contributed by atoms with Gasteiger partial charge in [-0.25, -0.2) is 4.39 Å². The molecular weight excluding hydrogens is 253 g/mol. The van der Waals surface area contributed by atoms with Crippen molar-refractivity contribution in [2.75, 3.05) is 0 Å². The SMILES string of the molecule is CC(C)(C(=O)O)c1ncc(Br)cc1F. The highest BCUT2D eigenvalue weighted by molar-refractivity contribution is 9.10. The molecule has 1 aromatic heterocycles. The quantitative estimate of drug-likeness (QED) is 0.889. The molecule has 0 atom stereocenters. The van der Waals surface area contributed by atoms with Crippen LogP contribution in [0, 0.1) is 5.82 Å². The third-order valence-electron chi connectivity index (χ3n) is 1.93. The van der Waals surface area contributed by atoms with Crippen LogP contribution in [0.4, 0.5) is 4.39 Å². The first-order chi connectivity index (χ1) is 6.35. The van der Waals surface area contributed by atoms with Gasteiger partial charge >= 0.3 is 5.97 Å². The van der Waals surface area contributed by atoms with E-state index < -0.39 is 17.2 Å². The maximum Gasteiger partial charge on any atom is 0.315 e. The average molecular weight is 262 g/mol. The molecule has 0 aliphatic heterocycles. The van der Waals surface area contributed by atoms with Gasteiger partial charge in [-0.3, -0.25) is 9.78 Å². The van der Waals surface area contributed by atoms with Crippen LogP contribution in [0.25, 0.3) is 0 Å². The molecule has 0 aromatic carbocycles. The maximum atomic E-state index is 13.4. The molecule has 1 aromatic rings. The number of halogens is 2. The molecule has 14 heavy (non-hydrogen) atoms. The molecule has 0 bridgehead atoms. The van der Waals surface area contributed by atoms with E-state index in [2.05, 4.69) is 20.9 Å². The van der Waals surface area contributed by atoms with Crippen molar-refractivity contribution in [3.63, 3.8) is 0 Å². The molecule has 0 spiro atoms. The number of carboxylic acid groups (broad SMARTS) is 1. The van der Waals surface area contributed by atoms with Crippen molar-refractivity contribution in [1.29, 1.82) is 0 Å². The van der Waals surface area contributed by atoms with E-state index in [4.69, 9.17) is 5.11 Å². The van der Waals surface area contributed by atoms with E-state index in [1.54, 1.807) is 0 Å². The minimum atomic E-state index is -1.31. The molecule has 0 amide bonds. The normalized spacial score (nSPS) is 11.4. The summed E-state index contributed by atoms with van der Waals surface area (Å²) in [5.74, 6) is -1.72. The number of aliphatic carboxylic acids is 1. The Balaban J connectivity index is 3.26. The zero-order chi connectivity index (χ0) is 10.9. The number of nitrogens with zero attached hydrogens (tertiary/aromatic N) is 1. The van der Waals surface area contributed by atoms with Gasteiger partial charge in [0.05, 0.1) is 5.69 Å². The molecule has 0 aliphatic rings. The summed E-state index contributed by atoms with van der Waals surface area (Å²) in [6, 6.07) is 1.20. The lowest BCUT2D eigenvalue weighted by Gasteiger charge is -2.18. The summed E-state index contributed by atoms with van der Waals surface area (Å²) in [6.45, 7) is 2.82. The fourth-order valence-electron chi connectivity index (χ4n) is 0.976. The number of pyridine rings is 1. The molecular formula is C9H9BrFNO2. The number of aromatic nitrogens is 1. The summed E-state index contributed by atoms with van der Waals surface area (Å²) >= 11 is 3.05. The molecule has 0 unspecified atom stereocenters. The topological polar surface area (TPSA) is 50.2 Å². The third kappa shape index (κ3) is 1.92. The fourth-order valence-corrected chi connectivity index (χ4v) is 1.28. The second-order valence-corrected chi connectivity index (χ2v) is 4.33. The van der Waals surface area contributed by atoms with E-state index >= 15 is 0 Å². The van der Waals surface area contributed by atoms with Crippen molar-refractivity contribution in [3.05, 3.63) is 28.2 Å². The first-order valence-corrected chi connectivity index (χ1v) is 4.70. The summed E-state index contributed by atoms with van der Waals surface area (Å²) in [7, 11) is 0. The molecule has 0 saturated heterocycles. The summed E-state index contributed by atoms with van der Waals surface area (Å²) in [4.78, 5) is 14.6. The lowest BCUT2D eigenvalue weighted by molar-refractivity contribution is -0.142. The highest BCUT2D eigenvalue weighted by Gasteiger charge is 2.33. The van der Waals surface area contributed by atoms with Crippen LogP contribution < -0.4 is 0 Å². The first-order valence-electron chi connectivity index (χ1n) is 3.90. The summed E-state index contributed by atoms with van der Waals surface area (Å²) in [5.41, 5.74) is -1.38. The molecule has 0 radical (unpaired) electrons. The molecule has 1 rings (SSSR count). The minimum absolute atomic E-state index is 0.0619. The zero-order valence-electron chi connectivity index (χ0n) is 7.71. The molecule has 0 saturated carbocycles. The predicted molar refractivity (Wildman–Crippen MR) is 52.6 cm³/mol. The lowest BCUT2D eigenvalue weighted by atomic mass is 9.89. The Kier molecular flexibility index (Phi) is 2.89. The Morgan fingerprint density at radius 2 is 2.21 bits per heavy atom. The Bertz CT molecular complexity index is 379. The van der Waals surface area contributed by atoms with Gasteiger partial charge in [-0.1, -0.05) is 0 Å². The number of carbonyl (C=O) groups is 1. The van der Waals surface area contributed by atoms with Gasteiger partial charge in [-0.15, -0.1) is 0 Å². The van der Waals surface area contributed by atoms with Crippen LogP contribution in [-0.2, 0) is 10.2 Å². The summed E-state index contributed by atoms with van der Waals surface area (Å²) in [5, 5.41) is 8.87. The molecule has 0 aliphatic carbocycles. The molecule has 1 N–H and O–H groups in total. The average Bonchev–Trinajstić information content (AvgIpc) is 2.02. The Morgan fingerprint density at radius 1 is 1.64 bits per heavy atom. The Labute approximate surface area is 89.1 Å². The van der Waals surface area contributed by atoms with Gasteiger partial charge in [-0.2, -0.15) is 0 Å². The second-order valence-electron chi connectivity index (χ2n) is 3.41. The number of hydrogen-bond donors (Lipinski definition) is 1. The third-order valence-corrected chi connectivity index (χ3v) is 2.37. The first kappa shape index (κ1) is 11.1. The van der Waals surface area contributed by atoms with Crippen molar-refractivity contribution >= 4 is 21.9 Å². The van der Waals surface area contributed by atoms with Gasteiger partial charge < -0.3 is 5.11 Å². The van der Waals surface area contributed by atoms with E-state index in [0.29, 0.717) is 4.47 Å². The smallest absolute Gasteiger partial charge is 0.315 e. The van der Waals surface area contributed by atoms with Gasteiger partial charge in [0, 0.05) is 10.7 Å². The van der Waals surface area contributed by atoms with Crippen molar-refractivity contribution < 1.29 is 14.3 Å². The van der Waals surface area contributed by atoms with Gasteiger partial charge in [0.15, 0.2) is 0 Å². The van der Waals surface area contributed by atoms with Crippen LogP contribution in [0.3, 0.4) is 0 Å². The van der Waals surface area contributed by atoms with Crippen molar-refractivity contribution in [2.45, 2.75) is 19.3 Å². The van der Waals surface area contributed by atoms with Crippen molar-refractivity contribution in [2.24, 2.45) is 0 Å². The van der Waals surface area contributed by atoms with Crippen LogP contribution >= 0.6 is 15.9 Å². The number of rotatable bonds is 2. The van der Waals surface area contributed by atoms with Crippen LogP contribution in [-0.4, -0.2) is 16.1 Å². The lowest BCUT2D eigenvalue weighted by Crippen LogP contribution is -2.30. The van der Waals surface area contributed by atoms with Gasteiger partial charge in [-0.05, 0) is 35.8 Å². The van der Waals surface area contributed by atoms with Gasteiger partial charge in [0.25, 0.3) is 0 Å². The highest BCUT2D eigenvalue weighted by atomic mass is 79.9. The van der Waals surface area contributed by atoms with Crippen molar-refractivity contribution in [3.8, 4) is 0 Å². The largest absolute Gasteiger partial charge is 0.481 e. The van der Waals surface area contributed by atoms with E-state index in [1.165, 1.54) is 26.1 Å². The molecule has 0 fully saturated rings.